The zero-order chi connectivity index (χ0) is 13.8. The number of nitrogens with zero attached hydrogens (tertiary/aromatic N) is 3. The van der Waals surface area contributed by atoms with Crippen LogP contribution in [0.25, 0.3) is 0 Å². The molecule has 19 heavy (non-hydrogen) atoms. The highest BCUT2D eigenvalue weighted by Crippen LogP contribution is 2.28. The molecule has 0 aliphatic rings. The Bertz CT molecular complexity index is 596. The Kier molecular flexibility index (Phi) is 3.71. The number of hydrogen-bond acceptors (Lipinski definition) is 7. The SMILES string of the molecule is Cc1nnc(COc2ccc(CN)cc2[N+](=O)[O-])o1. The number of nitro groups is 1. The van der Waals surface area contributed by atoms with Gasteiger partial charge in [0.1, 0.15) is 0 Å². The van der Waals surface area contributed by atoms with Crippen molar-refractivity contribution in [3.8, 4) is 5.75 Å². The van der Waals surface area contributed by atoms with Crippen LogP contribution in [0.2, 0.25) is 0 Å². The van der Waals surface area contributed by atoms with E-state index < -0.39 is 4.92 Å². The highest BCUT2D eigenvalue weighted by atomic mass is 16.6. The van der Waals surface area contributed by atoms with Gasteiger partial charge >= 0.3 is 5.69 Å². The third-order valence-electron chi connectivity index (χ3n) is 2.37. The van der Waals surface area contributed by atoms with Gasteiger partial charge in [-0.15, -0.1) is 10.2 Å². The van der Waals surface area contributed by atoms with Gasteiger partial charge in [0, 0.05) is 19.5 Å². The fourth-order valence-electron chi connectivity index (χ4n) is 1.49. The van der Waals surface area contributed by atoms with Crippen LogP contribution >= 0.6 is 0 Å². The van der Waals surface area contributed by atoms with Crippen molar-refractivity contribution >= 4 is 5.69 Å². The van der Waals surface area contributed by atoms with Crippen LogP contribution in [-0.2, 0) is 13.2 Å². The molecule has 0 unspecified atom stereocenters. The summed E-state index contributed by atoms with van der Waals surface area (Å²) < 4.78 is 10.4. The topological polar surface area (TPSA) is 117 Å². The van der Waals surface area contributed by atoms with E-state index in [2.05, 4.69) is 10.2 Å². The number of ether oxygens (including phenoxy) is 1. The summed E-state index contributed by atoms with van der Waals surface area (Å²) in [4.78, 5) is 10.4. The van der Waals surface area contributed by atoms with Crippen LogP contribution < -0.4 is 10.5 Å². The van der Waals surface area contributed by atoms with Gasteiger partial charge in [-0.1, -0.05) is 6.07 Å². The lowest BCUT2D eigenvalue weighted by Gasteiger charge is -2.05. The molecule has 100 valence electrons. The van der Waals surface area contributed by atoms with E-state index in [-0.39, 0.29) is 30.5 Å². The quantitative estimate of drug-likeness (QED) is 0.639. The van der Waals surface area contributed by atoms with Crippen LogP contribution in [0.15, 0.2) is 22.6 Å². The molecule has 2 aromatic rings. The lowest BCUT2D eigenvalue weighted by atomic mass is 10.2. The van der Waals surface area contributed by atoms with Crippen LogP contribution in [0.1, 0.15) is 17.3 Å². The first-order valence-corrected chi connectivity index (χ1v) is 5.49. The van der Waals surface area contributed by atoms with Gasteiger partial charge < -0.3 is 14.9 Å². The molecule has 8 heteroatoms. The Morgan fingerprint density at radius 1 is 1.47 bits per heavy atom. The minimum atomic E-state index is -0.520. The predicted octanol–water partition coefficient (Wildman–Crippen LogP) is 1.32. The van der Waals surface area contributed by atoms with E-state index in [4.69, 9.17) is 14.9 Å². The van der Waals surface area contributed by atoms with Gasteiger partial charge in [-0.05, 0) is 11.6 Å². The molecular formula is C11H12N4O4. The number of benzene rings is 1. The van der Waals surface area contributed by atoms with Gasteiger partial charge in [0.15, 0.2) is 12.4 Å². The average Bonchev–Trinajstić information content (AvgIpc) is 2.82. The number of rotatable bonds is 5. The van der Waals surface area contributed by atoms with Crippen molar-refractivity contribution in [3.05, 3.63) is 45.7 Å². The summed E-state index contributed by atoms with van der Waals surface area (Å²) >= 11 is 0. The molecule has 0 aliphatic heterocycles. The molecule has 0 saturated heterocycles. The van der Waals surface area contributed by atoms with Gasteiger partial charge in [-0.3, -0.25) is 10.1 Å². The van der Waals surface area contributed by atoms with Gasteiger partial charge in [0.2, 0.25) is 5.89 Å². The van der Waals surface area contributed by atoms with E-state index in [1.54, 1.807) is 13.0 Å². The van der Waals surface area contributed by atoms with Crippen molar-refractivity contribution in [1.82, 2.24) is 10.2 Å². The Balaban J connectivity index is 2.17. The van der Waals surface area contributed by atoms with Crippen molar-refractivity contribution < 1.29 is 14.1 Å². The van der Waals surface area contributed by atoms with E-state index in [9.17, 15) is 10.1 Å². The number of hydrogen-bond donors (Lipinski definition) is 1. The first-order valence-electron chi connectivity index (χ1n) is 5.49. The number of aromatic nitrogens is 2. The molecule has 0 saturated carbocycles. The van der Waals surface area contributed by atoms with Crippen molar-refractivity contribution in [3.63, 3.8) is 0 Å². The minimum absolute atomic E-state index is 0.0242. The maximum Gasteiger partial charge on any atom is 0.311 e. The number of aryl methyl sites for hydroxylation is 1. The molecule has 1 heterocycles. The molecule has 8 nitrogen and oxygen atoms in total. The molecule has 1 aromatic heterocycles. The third-order valence-corrected chi connectivity index (χ3v) is 2.37. The van der Waals surface area contributed by atoms with Crippen molar-refractivity contribution in [2.75, 3.05) is 0 Å². The van der Waals surface area contributed by atoms with Gasteiger partial charge in [-0.25, -0.2) is 0 Å². The Morgan fingerprint density at radius 2 is 2.26 bits per heavy atom. The summed E-state index contributed by atoms with van der Waals surface area (Å²) in [6.07, 6.45) is 0. The summed E-state index contributed by atoms with van der Waals surface area (Å²) in [6, 6.07) is 4.55. The average molecular weight is 264 g/mol. The number of nitrogens with two attached hydrogens (primary N) is 1. The molecule has 0 aliphatic carbocycles. The molecule has 2 rings (SSSR count). The second-order valence-electron chi connectivity index (χ2n) is 3.77. The smallest absolute Gasteiger partial charge is 0.311 e. The minimum Gasteiger partial charge on any atom is -0.477 e. The summed E-state index contributed by atoms with van der Waals surface area (Å²) in [7, 11) is 0. The van der Waals surface area contributed by atoms with Crippen LogP contribution in [0.3, 0.4) is 0 Å². The molecule has 1 aromatic carbocycles. The molecule has 0 atom stereocenters. The van der Waals surface area contributed by atoms with Crippen molar-refractivity contribution in [2.45, 2.75) is 20.1 Å². The summed E-state index contributed by atoms with van der Waals surface area (Å²) in [5.41, 5.74) is 5.96. The largest absolute Gasteiger partial charge is 0.477 e. The van der Waals surface area contributed by atoms with Gasteiger partial charge in [-0.2, -0.15) is 0 Å². The highest BCUT2D eigenvalue weighted by Gasteiger charge is 2.16. The molecule has 0 spiro atoms. The fraction of sp³-hybridized carbons (Fsp3) is 0.273. The van der Waals surface area contributed by atoms with Gasteiger partial charge in [0.05, 0.1) is 4.92 Å². The molecule has 2 N–H and O–H groups in total. The molecule has 0 fully saturated rings. The van der Waals surface area contributed by atoms with Crippen LogP contribution in [0, 0.1) is 17.0 Å². The second kappa shape index (κ2) is 5.44. The van der Waals surface area contributed by atoms with E-state index in [0.717, 1.165) is 0 Å². The Morgan fingerprint density at radius 3 is 2.84 bits per heavy atom. The van der Waals surface area contributed by atoms with Crippen LogP contribution in [0.4, 0.5) is 5.69 Å². The van der Waals surface area contributed by atoms with E-state index >= 15 is 0 Å². The first-order chi connectivity index (χ1) is 9.10. The summed E-state index contributed by atoms with van der Waals surface area (Å²) in [6.45, 7) is 1.85. The normalized spacial score (nSPS) is 10.4. The standard InChI is InChI=1S/C11H12N4O4/c1-7-13-14-11(19-7)6-18-10-3-2-8(5-12)4-9(10)15(16)17/h2-4H,5-6,12H2,1H3. The third kappa shape index (κ3) is 3.05. The second-order valence-corrected chi connectivity index (χ2v) is 3.77. The zero-order valence-corrected chi connectivity index (χ0v) is 10.2. The summed E-state index contributed by atoms with van der Waals surface area (Å²) in [5.74, 6) is 0.805. The lowest BCUT2D eigenvalue weighted by Crippen LogP contribution is -2.02. The van der Waals surface area contributed by atoms with E-state index in [1.807, 2.05) is 0 Å². The highest BCUT2D eigenvalue weighted by molar-refractivity contribution is 5.48. The molecule has 0 radical (unpaired) electrons. The Hall–Kier alpha value is -2.48. The van der Waals surface area contributed by atoms with E-state index in [1.165, 1.54) is 12.1 Å². The summed E-state index contributed by atoms with van der Waals surface area (Å²) in [5, 5.41) is 18.3. The maximum atomic E-state index is 10.9. The van der Waals surface area contributed by atoms with Crippen molar-refractivity contribution in [2.24, 2.45) is 5.73 Å². The molecule has 0 amide bonds. The van der Waals surface area contributed by atoms with Crippen molar-refractivity contribution in [1.29, 1.82) is 0 Å². The lowest BCUT2D eigenvalue weighted by molar-refractivity contribution is -0.386. The van der Waals surface area contributed by atoms with Gasteiger partial charge in [0.25, 0.3) is 5.89 Å². The van der Waals surface area contributed by atoms with Crippen LogP contribution in [-0.4, -0.2) is 15.1 Å². The molecule has 0 bridgehead atoms. The fourth-order valence-corrected chi connectivity index (χ4v) is 1.49. The van der Waals surface area contributed by atoms with E-state index in [0.29, 0.717) is 11.5 Å². The monoisotopic (exact) mass is 264 g/mol. The zero-order valence-electron chi connectivity index (χ0n) is 10.2. The first kappa shape index (κ1) is 13.0. The number of nitro benzene ring substituents is 1. The maximum absolute atomic E-state index is 10.9. The van der Waals surface area contributed by atoms with Crippen LogP contribution in [0.5, 0.6) is 5.75 Å². The molecular weight excluding hydrogens is 252 g/mol. The predicted molar refractivity (Wildman–Crippen MR) is 64.4 cm³/mol. The Labute approximate surface area is 108 Å².